The molecule has 1 saturated heterocycles. The lowest BCUT2D eigenvalue weighted by atomic mass is 10.2. The Morgan fingerprint density at radius 3 is 2.44 bits per heavy atom. The van der Waals surface area contributed by atoms with Crippen molar-refractivity contribution >= 4 is 11.9 Å². The van der Waals surface area contributed by atoms with Gasteiger partial charge in [0.05, 0.1) is 6.61 Å². The molecule has 0 unspecified atom stereocenters. The van der Waals surface area contributed by atoms with Crippen molar-refractivity contribution in [2.24, 2.45) is 4.99 Å². The summed E-state index contributed by atoms with van der Waals surface area (Å²) in [4.78, 5) is 20.3. The highest BCUT2D eigenvalue weighted by molar-refractivity contribution is 5.80. The van der Waals surface area contributed by atoms with Crippen molar-refractivity contribution in [3.8, 4) is 0 Å². The second-order valence-corrected chi connectivity index (χ2v) is 6.78. The van der Waals surface area contributed by atoms with Gasteiger partial charge < -0.3 is 19.9 Å². The van der Waals surface area contributed by atoms with Crippen LogP contribution in [-0.4, -0.2) is 74.1 Å². The average molecular weight is 375 g/mol. The molecule has 0 atom stereocenters. The summed E-state index contributed by atoms with van der Waals surface area (Å²) >= 11 is 0. The number of rotatable bonds is 9. The second-order valence-electron chi connectivity index (χ2n) is 6.78. The van der Waals surface area contributed by atoms with Crippen molar-refractivity contribution in [1.82, 2.24) is 15.1 Å². The molecule has 0 radical (unpaired) electrons. The van der Waals surface area contributed by atoms with Crippen LogP contribution < -0.4 is 5.32 Å². The molecule has 1 amide bonds. The lowest BCUT2D eigenvalue weighted by molar-refractivity contribution is -0.130. The SMILES string of the molecule is CCNC(=NCCCCOCCc1ccccc1)N1CCN(C(C)=O)CC1. The highest BCUT2D eigenvalue weighted by Crippen LogP contribution is 2.04. The number of nitrogens with zero attached hydrogens (tertiary/aromatic N) is 3. The van der Waals surface area contributed by atoms with E-state index in [1.807, 2.05) is 11.0 Å². The molecule has 0 spiro atoms. The Hall–Kier alpha value is -2.08. The second kappa shape index (κ2) is 12.3. The number of carbonyl (C=O) groups excluding carboxylic acids is 1. The molecule has 6 nitrogen and oxygen atoms in total. The number of guanidine groups is 1. The normalized spacial score (nSPS) is 15.1. The van der Waals surface area contributed by atoms with Crippen molar-refractivity contribution in [1.29, 1.82) is 0 Å². The van der Waals surface area contributed by atoms with Crippen LogP contribution in [0.5, 0.6) is 0 Å². The van der Waals surface area contributed by atoms with Gasteiger partial charge in [0, 0.05) is 52.8 Å². The van der Waals surface area contributed by atoms with Crippen LogP contribution in [0.25, 0.3) is 0 Å². The van der Waals surface area contributed by atoms with Gasteiger partial charge in [-0.1, -0.05) is 30.3 Å². The van der Waals surface area contributed by atoms with Gasteiger partial charge in [0.15, 0.2) is 5.96 Å². The van der Waals surface area contributed by atoms with Crippen LogP contribution in [-0.2, 0) is 16.0 Å². The lowest BCUT2D eigenvalue weighted by Gasteiger charge is -2.36. The van der Waals surface area contributed by atoms with Gasteiger partial charge in [-0.05, 0) is 31.7 Å². The van der Waals surface area contributed by atoms with Gasteiger partial charge in [-0.15, -0.1) is 0 Å². The van der Waals surface area contributed by atoms with E-state index in [-0.39, 0.29) is 5.91 Å². The van der Waals surface area contributed by atoms with Crippen LogP contribution in [0.15, 0.2) is 35.3 Å². The van der Waals surface area contributed by atoms with Gasteiger partial charge in [-0.25, -0.2) is 0 Å². The number of hydrogen-bond donors (Lipinski definition) is 1. The van der Waals surface area contributed by atoms with E-state index < -0.39 is 0 Å². The molecule has 0 aliphatic carbocycles. The molecule has 1 heterocycles. The standard InChI is InChI=1S/C21H34N4O2/c1-3-22-21(25-15-13-24(14-16-25)19(2)26)23-12-7-8-17-27-18-11-20-9-5-4-6-10-20/h4-6,9-10H,3,7-8,11-18H2,1-2H3,(H,22,23). The van der Waals surface area contributed by atoms with Crippen molar-refractivity contribution in [3.63, 3.8) is 0 Å². The molecule has 0 aromatic heterocycles. The zero-order chi connectivity index (χ0) is 19.3. The quantitative estimate of drug-likeness (QED) is 0.409. The van der Waals surface area contributed by atoms with Crippen LogP contribution in [0, 0.1) is 0 Å². The van der Waals surface area contributed by atoms with E-state index in [1.165, 1.54) is 5.56 Å². The van der Waals surface area contributed by atoms with Crippen LogP contribution >= 0.6 is 0 Å². The molecule has 0 bridgehead atoms. The summed E-state index contributed by atoms with van der Waals surface area (Å²) in [6, 6.07) is 10.4. The number of amides is 1. The summed E-state index contributed by atoms with van der Waals surface area (Å²) in [5, 5.41) is 3.37. The van der Waals surface area contributed by atoms with E-state index in [4.69, 9.17) is 9.73 Å². The number of piperazine rings is 1. The van der Waals surface area contributed by atoms with Gasteiger partial charge in [0.1, 0.15) is 0 Å². The number of unbranched alkanes of at least 4 members (excludes halogenated alkanes) is 1. The molecule has 1 aliphatic heterocycles. The molecule has 1 aromatic rings. The van der Waals surface area contributed by atoms with Gasteiger partial charge in [-0.2, -0.15) is 0 Å². The zero-order valence-electron chi connectivity index (χ0n) is 16.8. The predicted octanol–water partition coefficient (Wildman–Crippen LogP) is 2.16. The summed E-state index contributed by atoms with van der Waals surface area (Å²) in [7, 11) is 0. The van der Waals surface area contributed by atoms with E-state index in [2.05, 4.69) is 41.4 Å². The molecule has 27 heavy (non-hydrogen) atoms. The lowest BCUT2D eigenvalue weighted by Crippen LogP contribution is -2.53. The monoisotopic (exact) mass is 374 g/mol. The van der Waals surface area contributed by atoms with E-state index in [9.17, 15) is 4.79 Å². The van der Waals surface area contributed by atoms with E-state index in [1.54, 1.807) is 6.92 Å². The zero-order valence-corrected chi connectivity index (χ0v) is 16.8. The molecular formula is C21H34N4O2. The Labute approximate surface area is 163 Å². The fraction of sp³-hybridized carbons (Fsp3) is 0.619. The molecule has 2 rings (SSSR count). The number of nitrogens with one attached hydrogen (secondary N) is 1. The predicted molar refractivity (Wildman–Crippen MR) is 110 cm³/mol. The van der Waals surface area contributed by atoms with Crippen LogP contribution in [0.3, 0.4) is 0 Å². The number of hydrogen-bond acceptors (Lipinski definition) is 3. The minimum atomic E-state index is 0.156. The molecule has 1 fully saturated rings. The number of carbonyl (C=O) groups is 1. The van der Waals surface area contributed by atoms with Crippen molar-refractivity contribution in [3.05, 3.63) is 35.9 Å². The maximum absolute atomic E-state index is 11.5. The molecule has 1 aromatic carbocycles. The van der Waals surface area contributed by atoms with Crippen molar-refractivity contribution in [2.45, 2.75) is 33.1 Å². The summed E-state index contributed by atoms with van der Waals surface area (Å²) < 4.78 is 5.73. The highest BCUT2D eigenvalue weighted by Gasteiger charge is 2.20. The molecular weight excluding hydrogens is 340 g/mol. The molecule has 0 saturated carbocycles. The third kappa shape index (κ3) is 7.99. The molecule has 6 heteroatoms. The smallest absolute Gasteiger partial charge is 0.219 e. The largest absolute Gasteiger partial charge is 0.381 e. The minimum absolute atomic E-state index is 0.156. The fourth-order valence-corrected chi connectivity index (χ4v) is 3.10. The fourth-order valence-electron chi connectivity index (χ4n) is 3.10. The first-order chi connectivity index (χ1) is 13.2. The van der Waals surface area contributed by atoms with Crippen LogP contribution in [0.1, 0.15) is 32.3 Å². The summed E-state index contributed by atoms with van der Waals surface area (Å²) in [6.07, 6.45) is 3.01. The third-order valence-corrected chi connectivity index (χ3v) is 4.70. The highest BCUT2D eigenvalue weighted by atomic mass is 16.5. The Bertz CT molecular complexity index is 569. The summed E-state index contributed by atoms with van der Waals surface area (Å²) in [5.41, 5.74) is 1.32. The van der Waals surface area contributed by atoms with E-state index in [0.29, 0.717) is 0 Å². The van der Waals surface area contributed by atoms with Crippen LogP contribution in [0.4, 0.5) is 0 Å². The maximum atomic E-state index is 11.5. The Morgan fingerprint density at radius 1 is 1.07 bits per heavy atom. The van der Waals surface area contributed by atoms with Gasteiger partial charge in [-0.3, -0.25) is 9.79 Å². The maximum Gasteiger partial charge on any atom is 0.219 e. The summed E-state index contributed by atoms with van der Waals surface area (Å²) in [5.74, 6) is 1.12. The molecule has 150 valence electrons. The van der Waals surface area contributed by atoms with E-state index >= 15 is 0 Å². The Kier molecular flexibility index (Phi) is 9.69. The topological polar surface area (TPSA) is 57.2 Å². The van der Waals surface area contributed by atoms with Gasteiger partial charge in [0.25, 0.3) is 0 Å². The number of benzene rings is 1. The Morgan fingerprint density at radius 2 is 1.78 bits per heavy atom. The van der Waals surface area contributed by atoms with Gasteiger partial charge in [0.2, 0.25) is 5.91 Å². The van der Waals surface area contributed by atoms with E-state index in [0.717, 1.165) is 77.7 Å². The third-order valence-electron chi connectivity index (χ3n) is 4.70. The molecule has 1 N–H and O–H groups in total. The average Bonchev–Trinajstić information content (AvgIpc) is 2.70. The number of aliphatic imine (C=N–C) groups is 1. The van der Waals surface area contributed by atoms with Crippen molar-refractivity contribution < 1.29 is 9.53 Å². The van der Waals surface area contributed by atoms with Crippen LogP contribution in [0.2, 0.25) is 0 Å². The number of ether oxygens (including phenoxy) is 1. The van der Waals surface area contributed by atoms with Crippen molar-refractivity contribution in [2.75, 3.05) is 52.5 Å². The summed E-state index contributed by atoms with van der Waals surface area (Å²) in [6.45, 7) is 10.2. The van der Waals surface area contributed by atoms with Gasteiger partial charge >= 0.3 is 0 Å². The first-order valence-corrected chi connectivity index (χ1v) is 10.1. The minimum Gasteiger partial charge on any atom is -0.381 e. The first kappa shape index (κ1) is 21.2. The molecule has 1 aliphatic rings. The first-order valence-electron chi connectivity index (χ1n) is 10.1. The Balaban J connectivity index is 1.60.